The molecule has 1 aliphatic rings. The largest absolute Gasteiger partial charge is 0.0807 e. The highest BCUT2D eigenvalue weighted by Crippen LogP contribution is 1.90. The predicted molar refractivity (Wildman–Crippen MR) is 39.9 cm³/mol. The molecule has 0 heterocycles. The van der Waals surface area contributed by atoms with Gasteiger partial charge >= 0.3 is 0 Å². The molecule has 0 spiro atoms. The van der Waals surface area contributed by atoms with E-state index in [2.05, 4.69) is 18.2 Å². The summed E-state index contributed by atoms with van der Waals surface area (Å²) in [7, 11) is 0. The second-order valence-electron chi connectivity index (χ2n) is 1.78. The zero-order chi connectivity index (χ0) is 6.36. The molecule has 9 heavy (non-hydrogen) atoms. The Morgan fingerprint density at radius 3 is 3.00 bits per heavy atom. The third-order valence-corrected chi connectivity index (χ3v) is 1.04. The van der Waals surface area contributed by atoms with Crippen LogP contribution in [0.5, 0.6) is 0 Å². The highest BCUT2D eigenvalue weighted by atomic mass is 13.8. The molecular formula is C9H9. The SMILES string of the molecule is [C]1=C\C=C\C=C/C\C=C/1. The van der Waals surface area contributed by atoms with Crippen LogP contribution in [0.3, 0.4) is 0 Å². The third-order valence-electron chi connectivity index (χ3n) is 1.04. The van der Waals surface area contributed by atoms with Crippen molar-refractivity contribution >= 4 is 0 Å². The molecule has 0 heteroatoms. The summed E-state index contributed by atoms with van der Waals surface area (Å²) < 4.78 is 0. The first-order valence-electron chi connectivity index (χ1n) is 3.06. The topological polar surface area (TPSA) is 0 Å². The summed E-state index contributed by atoms with van der Waals surface area (Å²) >= 11 is 0. The zero-order valence-electron chi connectivity index (χ0n) is 5.25. The Labute approximate surface area is 55.9 Å². The third kappa shape index (κ3) is 2.70. The van der Waals surface area contributed by atoms with E-state index in [0.717, 1.165) is 6.42 Å². The minimum atomic E-state index is 1.01. The van der Waals surface area contributed by atoms with Crippen molar-refractivity contribution in [3.63, 3.8) is 0 Å². The summed E-state index contributed by atoms with van der Waals surface area (Å²) in [6.07, 6.45) is 18.0. The van der Waals surface area contributed by atoms with E-state index in [1.165, 1.54) is 0 Å². The second kappa shape index (κ2) is 3.90. The number of hydrogen-bond acceptors (Lipinski definition) is 0. The molecule has 0 aromatic carbocycles. The van der Waals surface area contributed by atoms with Gasteiger partial charge in [0.1, 0.15) is 0 Å². The zero-order valence-corrected chi connectivity index (χ0v) is 5.25. The van der Waals surface area contributed by atoms with Crippen LogP contribution >= 0.6 is 0 Å². The molecule has 0 N–H and O–H groups in total. The number of hydrogen-bond donors (Lipinski definition) is 0. The summed E-state index contributed by atoms with van der Waals surface area (Å²) in [6, 6.07) is 0. The molecule has 0 fully saturated rings. The fourth-order valence-corrected chi connectivity index (χ4v) is 0.603. The first-order chi connectivity index (χ1) is 4.50. The smallest absolute Gasteiger partial charge is 0.0163 e. The molecule has 0 aliphatic heterocycles. The summed E-state index contributed by atoms with van der Waals surface area (Å²) in [5.41, 5.74) is 0. The molecule has 0 atom stereocenters. The van der Waals surface area contributed by atoms with E-state index < -0.39 is 0 Å². The van der Waals surface area contributed by atoms with Gasteiger partial charge in [-0.3, -0.25) is 0 Å². The van der Waals surface area contributed by atoms with Gasteiger partial charge in [0.05, 0.1) is 0 Å². The lowest BCUT2D eigenvalue weighted by Gasteiger charge is -1.74. The van der Waals surface area contributed by atoms with Crippen molar-refractivity contribution in [2.45, 2.75) is 6.42 Å². The van der Waals surface area contributed by atoms with Gasteiger partial charge in [0, 0.05) is 0 Å². The fraction of sp³-hybridized carbons (Fsp3) is 0.111. The summed E-state index contributed by atoms with van der Waals surface area (Å²) in [5.74, 6) is 0. The molecule has 0 saturated heterocycles. The monoisotopic (exact) mass is 117 g/mol. The maximum atomic E-state index is 2.99. The van der Waals surface area contributed by atoms with E-state index in [0.29, 0.717) is 0 Å². The van der Waals surface area contributed by atoms with Crippen molar-refractivity contribution in [3.8, 4) is 0 Å². The molecular weight excluding hydrogens is 108 g/mol. The van der Waals surface area contributed by atoms with Crippen molar-refractivity contribution in [2.24, 2.45) is 0 Å². The predicted octanol–water partition coefficient (Wildman–Crippen LogP) is 2.42. The lowest BCUT2D eigenvalue weighted by atomic mass is 10.3. The summed E-state index contributed by atoms with van der Waals surface area (Å²) in [4.78, 5) is 0. The van der Waals surface area contributed by atoms with Crippen LogP contribution in [0.2, 0.25) is 0 Å². The van der Waals surface area contributed by atoms with Crippen LogP contribution in [-0.2, 0) is 0 Å². The average molecular weight is 117 g/mol. The van der Waals surface area contributed by atoms with Crippen LogP contribution in [0.4, 0.5) is 0 Å². The average Bonchev–Trinajstić information content (AvgIpc) is 2.00. The van der Waals surface area contributed by atoms with Gasteiger partial charge in [0.15, 0.2) is 0 Å². The Balaban J connectivity index is 2.60. The quantitative estimate of drug-likeness (QED) is 0.457. The van der Waals surface area contributed by atoms with E-state index >= 15 is 0 Å². The Morgan fingerprint density at radius 1 is 1.00 bits per heavy atom. The molecule has 0 amide bonds. The van der Waals surface area contributed by atoms with Crippen LogP contribution in [-0.4, -0.2) is 0 Å². The second-order valence-corrected chi connectivity index (χ2v) is 1.78. The Bertz CT molecular complexity index is 148. The van der Waals surface area contributed by atoms with Crippen molar-refractivity contribution in [2.75, 3.05) is 0 Å². The molecule has 45 valence electrons. The highest BCUT2D eigenvalue weighted by molar-refractivity contribution is 5.15. The molecule has 1 radical (unpaired) electrons. The van der Waals surface area contributed by atoms with Crippen LogP contribution in [0.1, 0.15) is 6.42 Å². The van der Waals surface area contributed by atoms with Crippen LogP contribution in [0.25, 0.3) is 0 Å². The van der Waals surface area contributed by atoms with Gasteiger partial charge in [-0.25, -0.2) is 0 Å². The molecule has 1 rings (SSSR count). The van der Waals surface area contributed by atoms with Gasteiger partial charge in [-0.05, 0) is 12.5 Å². The van der Waals surface area contributed by atoms with Gasteiger partial charge in [-0.1, -0.05) is 42.5 Å². The van der Waals surface area contributed by atoms with Crippen molar-refractivity contribution < 1.29 is 0 Å². The normalized spacial score (nSPS) is 31.1. The molecule has 0 aromatic rings. The van der Waals surface area contributed by atoms with Crippen LogP contribution in [0.15, 0.2) is 42.5 Å². The number of allylic oxidation sites excluding steroid dienone is 8. The Kier molecular flexibility index (Phi) is 2.64. The van der Waals surface area contributed by atoms with E-state index in [1.807, 2.05) is 30.4 Å². The first-order valence-corrected chi connectivity index (χ1v) is 3.06. The molecule has 0 nitrogen and oxygen atoms in total. The Morgan fingerprint density at radius 2 is 2.00 bits per heavy atom. The lowest BCUT2D eigenvalue weighted by Crippen LogP contribution is -1.53. The van der Waals surface area contributed by atoms with Gasteiger partial charge in [-0.15, -0.1) is 0 Å². The van der Waals surface area contributed by atoms with E-state index in [-0.39, 0.29) is 0 Å². The maximum absolute atomic E-state index is 2.99. The van der Waals surface area contributed by atoms with Crippen LogP contribution < -0.4 is 0 Å². The summed E-state index contributed by atoms with van der Waals surface area (Å²) in [5, 5.41) is 0. The minimum absolute atomic E-state index is 1.01. The van der Waals surface area contributed by atoms with Gasteiger partial charge in [0.25, 0.3) is 0 Å². The van der Waals surface area contributed by atoms with E-state index in [1.54, 1.807) is 0 Å². The van der Waals surface area contributed by atoms with Gasteiger partial charge in [0.2, 0.25) is 0 Å². The molecule has 0 unspecified atom stereocenters. The molecule has 1 aliphatic carbocycles. The fourth-order valence-electron chi connectivity index (χ4n) is 0.603. The van der Waals surface area contributed by atoms with Crippen molar-refractivity contribution in [3.05, 3.63) is 48.6 Å². The first kappa shape index (κ1) is 6.09. The van der Waals surface area contributed by atoms with E-state index in [4.69, 9.17) is 0 Å². The molecule has 0 aromatic heterocycles. The molecule has 0 bridgehead atoms. The van der Waals surface area contributed by atoms with Crippen molar-refractivity contribution in [1.29, 1.82) is 0 Å². The van der Waals surface area contributed by atoms with Gasteiger partial charge in [-0.2, -0.15) is 0 Å². The molecule has 0 saturated carbocycles. The Hall–Kier alpha value is -1.04. The number of rotatable bonds is 0. The standard InChI is InChI=1S/C9H9/c1-2-4-6-8-9-7-5-3-1/h1-5,8-9H,6H2/b3-1+,4-2-,7-5?,9-8-. The summed E-state index contributed by atoms with van der Waals surface area (Å²) in [6.45, 7) is 0. The minimum Gasteiger partial charge on any atom is -0.0807 e. The maximum Gasteiger partial charge on any atom is -0.0163 e. The highest BCUT2D eigenvalue weighted by Gasteiger charge is 1.70. The van der Waals surface area contributed by atoms with Gasteiger partial charge < -0.3 is 0 Å². The van der Waals surface area contributed by atoms with Crippen LogP contribution in [0, 0.1) is 6.08 Å². The lowest BCUT2D eigenvalue weighted by molar-refractivity contribution is 1.39. The van der Waals surface area contributed by atoms with Crippen molar-refractivity contribution in [1.82, 2.24) is 0 Å². The van der Waals surface area contributed by atoms with E-state index in [9.17, 15) is 0 Å².